The monoisotopic (exact) mass is 797 g/mol. The lowest BCUT2D eigenvalue weighted by molar-refractivity contribution is -0.140. The molecule has 294 valence electrons. The van der Waals surface area contributed by atoms with Crippen molar-refractivity contribution < 1.29 is 29.3 Å². The molecule has 4 atom stereocenters. The Hall–Kier alpha value is -4.90. The first-order chi connectivity index (χ1) is 27.5. The lowest BCUT2D eigenvalue weighted by Gasteiger charge is -2.44. The number of aromatic hydroxyl groups is 1. The topological polar surface area (TPSA) is 107 Å². The predicted octanol–water partition coefficient (Wildman–Crippen LogP) is 7.82. The van der Waals surface area contributed by atoms with Crippen LogP contribution in [0.4, 0.5) is 0 Å². The molecule has 4 aromatic carbocycles. The molecular weight excluding hydrogens is 747 g/mol. The van der Waals surface area contributed by atoms with Crippen molar-refractivity contribution in [2.75, 3.05) is 13.2 Å². The van der Waals surface area contributed by atoms with Gasteiger partial charge in [0.05, 0.1) is 37.7 Å². The van der Waals surface area contributed by atoms with Gasteiger partial charge in [0.1, 0.15) is 5.75 Å². The maximum absolute atomic E-state index is 14.3. The van der Waals surface area contributed by atoms with Gasteiger partial charge < -0.3 is 19.7 Å². The number of nitrogens with zero attached hydrogens (tertiary/aromatic N) is 1. The quantitative estimate of drug-likeness (QED) is 0.0458. The second-order valence-electron chi connectivity index (χ2n) is 16.2. The van der Waals surface area contributed by atoms with E-state index in [-0.39, 0.29) is 42.2 Å². The zero-order valence-corrected chi connectivity index (χ0v) is 34.6. The molecule has 9 heteroatoms. The number of allylic oxidation sites excluding steroid dienone is 1. The molecular formula is C48H51NO6SSi. The average molecular weight is 798 g/mol. The fraction of sp³-hybridized carbons (Fsp3) is 0.292. The van der Waals surface area contributed by atoms with Gasteiger partial charge in [-0.15, -0.1) is 11.3 Å². The molecule has 5 aromatic rings. The number of benzene rings is 4. The second-order valence-corrected chi connectivity index (χ2v) is 21.5. The molecule has 0 unspecified atom stereocenters. The van der Waals surface area contributed by atoms with Crippen molar-refractivity contribution in [1.29, 1.82) is 0 Å². The molecule has 1 aromatic heterocycles. The van der Waals surface area contributed by atoms with Gasteiger partial charge in [-0.1, -0.05) is 136 Å². The zero-order chi connectivity index (χ0) is 40.2. The van der Waals surface area contributed by atoms with Crippen molar-refractivity contribution >= 4 is 53.5 Å². The Kier molecular flexibility index (Phi) is 12.2. The molecule has 57 heavy (non-hydrogen) atoms. The molecule has 1 fully saturated rings. The van der Waals surface area contributed by atoms with Crippen molar-refractivity contribution in [3.8, 4) is 5.75 Å². The SMILES string of the molecule is CC(C)(C)[Si](OCC1=C([C@H](O)CC/C(=C/c2cccc(O)c2)c2ccccc2)[C@H](CO)[C@@H]2C(=O)N(Cc3cccs3)C(=O)[C@@H]2C1)(c1ccccc1)c1ccccc1. The van der Waals surface area contributed by atoms with E-state index >= 15 is 0 Å². The highest BCUT2D eigenvalue weighted by atomic mass is 32.1. The highest BCUT2D eigenvalue weighted by Crippen LogP contribution is 2.48. The van der Waals surface area contributed by atoms with Gasteiger partial charge in [-0.25, -0.2) is 0 Å². The number of rotatable bonds is 14. The Morgan fingerprint density at radius 2 is 1.53 bits per heavy atom. The molecule has 7 nitrogen and oxygen atoms in total. The normalized spacial score (nSPS) is 19.6. The summed E-state index contributed by atoms with van der Waals surface area (Å²) in [5, 5.41) is 37.7. The predicted molar refractivity (Wildman–Crippen MR) is 230 cm³/mol. The third-order valence-corrected chi connectivity index (χ3v) is 17.5. The number of carbonyl (C=O) groups excluding carboxylic acids is 2. The van der Waals surface area contributed by atoms with E-state index in [0.29, 0.717) is 18.4 Å². The van der Waals surface area contributed by atoms with Crippen molar-refractivity contribution in [1.82, 2.24) is 4.90 Å². The summed E-state index contributed by atoms with van der Waals surface area (Å²) in [6, 6.07) is 41.5. The van der Waals surface area contributed by atoms with Crippen LogP contribution in [0.5, 0.6) is 5.75 Å². The largest absolute Gasteiger partial charge is 0.508 e. The summed E-state index contributed by atoms with van der Waals surface area (Å²) < 4.78 is 7.43. The molecule has 0 bridgehead atoms. The van der Waals surface area contributed by atoms with Gasteiger partial charge in [0, 0.05) is 10.8 Å². The minimum absolute atomic E-state index is 0.135. The second kappa shape index (κ2) is 17.3. The minimum atomic E-state index is -3.05. The maximum atomic E-state index is 14.3. The van der Waals surface area contributed by atoms with Crippen LogP contribution in [-0.2, 0) is 20.6 Å². The summed E-state index contributed by atoms with van der Waals surface area (Å²) in [5.74, 6) is -2.61. The Morgan fingerprint density at radius 3 is 2.11 bits per heavy atom. The van der Waals surface area contributed by atoms with Crippen molar-refractivity contribution in [3.63, 3.8) is 0 Å². The van der Waals surface area contributed by atoms with E-state index in [4.69, 9.17) is 4.43 Å². The fourth-order valence-corrected chi connectivity index (χ4v) is 14.3. The van der Waals surface area contributed by atoms with Crippen LogP contribution in [0.1, 0.15) is 56.0 Å². The van der Waals surface area contributed by atoms with Crippen molar-refractivity contribution in [2.45, 2.75) is 57.7 Å². The van der Waals surface area contributed by atoms with Gasteiger partial charge in [-0.05, 0) is 86.1 Å². The van der Waals surface area contributed by atoms with Gasteiger partial charge in [0.15, 0.2) is 0 Å². The Balaban J connectivity index is 1.30. The number of amides is 2. The molecule has 7 rings (SSSR count). The molecule has 0 radical (unpaired) electrons. The average Bonchev–Trinajstić information content (AvgIpc) is 3.82. The fourth-order valence-electron chi connectivity index (χ4n) is 9.04. The van der Waals surface area contributed by atoms with Gasteiger partial charge in [0.2, 0.25) is 11.8 Å². The smallest absolute Gasteiger partial charge is 0.261 e. The van der Waals surface area contributed by atoms with E-state index in [1.54, 1.807) is 18.2 Å². The molecule has 0 spiro atoms. The van der Waals surface area contributed by atoms with Gasteiger partial charge in [-0.3, -0.25) is 14.5 Å². The van der Waals surface area contributed by atoms with Crippen LogP contribution in [0, 0.1) is 17.8 Å². The van der Waals surface area contributed by atoms with Crippen LogP contribution in [0.2, 0.25) is 5.04 Å². The van der Waals surface area contributed by atoms with Crippen LogP contribution in [0.15, 0.2) is 144 Å². The van der Waals surface area contributed by atoms with E-state index in [1.807, 2.05) is 96.4 Å². The standard InChI is InChI=1S/C48H51NO6SSi/c1-48(2,3)57(39-20-9-5-10-21-39,40-22-11-6-12-23-40)55-32-36-29-41-45(47(54)49(46(41)53)30-38-19-14-26-56-38)42(31-50)44(36)43(52)25-24-35(34-16-7-4-8-17-34)27-33-15-13-18-37(51)28-33/h4-23,26-28,41-43,45,50-52H,24-25,29-32H2,1-3H3/b35-27-/t41-,42+,43-,45-/m1/s1. The molecule has 2 heterocycles. The summed E-state index contributed by atoms with van der Waals surface area (Å²) in [4.78, 5) is 30.7. The molecule has 1 saturated heterocycles. The Labute approximate surface area is 340 Å². The number of aliphatic hydroxyl groups excluding tert-OH is 2. The summed E-state index contributed by atoms with van der Waals surface area (Å²) in [7, 11) is -3.05. The first kappa shape index (κ1) is 40.3. The number of thiophene rings is 1. The number of fused-ring (bicyclic) bond motifs is 1. The lowest BCUT2D eigenvalue weighted by atomic mass is 9.68. The van der Waals surface area contributed by atoms with Crippen molar-refractivity contribution in [2.24, 2.45) is 17.8 Å². The van der Waals surface area contributed by atoms with E-state index in [9.17, 15) is 24.9 Å². The molecule has 1 aliphatic heterocycles. The van der Waals surface area contributed by atoms with Gasteiger partial charge in [-0.2, -0.15) is 0 Å². The third kappa shape index (κ3) is 8.26. The molecule has 2 amide bonds. The highest BCUT2D eigenvalue weighted by molar-refractivity contribution is 7.09. The molecule has 1 aliphatic carbocycles. The molecule has 2 aliphatic rings. The van der Waals surface area contributed by atoms with Crippen LogP contribution >= 0.6 is 11.3 Å². The zero-order valence-electron chi connectivity index (χ0n) is 32.8. The number of likely N-dealkylation sites (tertiary alicyclic amines) is 1. The van der Waals surface area contributed by atoms with Gasteiger partial charge >= 0.3 is 0 Å². The van der Waals surface area contributed by atoms with Crippen LogP contribution in [0.3, 0.4) is 0 Å². The number of aliphatic hydroxyl groups is 2. The molecule has 0 saturated carbocycles. The molecule has 3 N–H and O–H groups in total. The van der Waals surface area contributed by atoms with E-state index in [0.717, 1.165) is 37.5 Å². The number of imide groups is 1. The number of hydrogen-bond acceptors (Lipinski definition) is 7. The third-order valence-electron chi connectivity index (χ3n) is 11.6. The summed E-state index contributed by atoms with van der Waals surface area (Å²) in [6.45, 7) is 6.56. The van der Waals surface area contributed by atoms with E-state index in [1.165, 1.54) is 16.2 Å². The number of hydrogen-bond donors (Lipinski definition) is 3. The number of phenols is 1. The van der Waals surface area contributed by atoms with Gasteiger partial charge in [0.25, 0.3) is 8.32 Å². The minimum Gasteiger partial charge on any atom is -0.508 e. The highest BCUT2D eigenvalue weighted by Gasteiger charge is 2.56. The summed E-state index contributed by atoms with van der Waals surface area (Å²) in [6.07, 6.45) is 2.00. The van der Waals surface area contributed by atoms with E-state index < -0.39 is 38.8 Å². The Morgan fingerprint density at radius 1 is 0.877 bits per heavy atom. The van der Waals surface area contributed by atoms with Crippen LogP contribution in [-0.4, -0.2) is 59.7 Å². The number of phenolic OH excluding ortho intramolecular Hbond substituents is 1. The summed E-state index contributed by atoms with van der Waals surface area (Å²) in [5.41, 5.74) is 4.15. The maximum Gasteiger partial charge on any atom is 0.261 e. The van der Waals surface area contributed by atoms with E-state index in [2.05, 4.69) is 45.0 Å². The number of carbonyl (C=O) groups is 2. The Bertz CT molecular complexity index is 2180. The van der Waals surface area contributed by atoms with Crippen molar-refractivity contribution in [3.05, 3.63) is 160 Å². The summed E-state index contributed by atoms with van der Waals surface area (Å²) >= 11 is 1.50. The first-order valence-electron chi connectivity index (χ1n) is 19.7. The van der Waals surface area contributed by atoms with Crippen LogP contribution in [0.25, 0.3) is 11.6 Å². The van der Waals surface area contributed by atoms with Crippen LogP contribution < -0.4 is 10.4 Å². The first-order valence-corrected chi connectivity index (χ1v) is 22.5. The lowest BCUT2D eigenvalue weighted by Crippen LogP contribution is -2.66.